The molecule has 0 bridgehead atoms. The summed E-state index contributed by atoms with van der Waals surface area (Å²) in [5.74, 6) is -2.81. The molecule has 0 saturated carbocycles. The SMILES string of the molecule is CCCCCCCCC/C=C/CCCCCCCC[N+](CCC(=O)O)(CCC(=O)O)CCC(=O)O. The predicted octanol–water partition coefficient (Wildman–Crippen LogP) is 6.65. The molecule has 0 saturated heterocycles. The zero-order chi connectivity index (χ0) is 26.2. The number of hydrogen-bond donors (Lipinski definition) is 3. The Morgan fingerprint density at radius 1 is 0.514 bits per heavy atom. The first kappa shape index (κ1) is 33.1. The van der Waals surface area contributed by atoms with Crippen LogP contribution >= 0.6 is 0 Å². The third kappa shape index (κ3) is 22.3. The van der Waals surface area contributed by atoms with Gasteiger partial charge in [-0.3, -0.25) is 14.4 Å². The minimum atomic E-state index is -0.936. The number of allylic oxidation sites excluding steroid dienone is 2. The molecule has 7 nitrogen and oxygen atoms in total. The van der Waals surface area contributed by atoms with Gasteiger partial charge in [-0.15, -0.1) is 0 Å². The molecule has 0 radical (unpaired) electrons. The molecule has 0 spiro atoms. The first-order valence-corrected chi connectivity index (χ1v) is 14.0. The maximum atomic E-state index is 11.1. The molecule has 35 heavy (non-hydrogen) atoms. The average Bonchev–Trinajstić information content (AvgIpc) is 2.81. The lowest BCUT2D eigenvalue weighted by molar-refractivity contribution is -0.927. The van der Waals surface area contributed by atoms with Crippen molar-refractivity contribution < 1.29 is 34.2 Å². The molecule has 0 atom stereocenters. The number of carboxylic acids is 3. The standard InChI is InChI=1S/C28H51NO6/c1-2-3-4-5-6-7-8-9-10-11-12-13-14-15-16-17-18-22-29(23-19-26(30)31,24-20-27(32)33)25-21-28(34)35/h10-11H,2-9,12-25H2,1H3,(H2-,30,31,32,33,34,35)/p+1/b11-10+. The summed E-state index contributed by atoms with van der Waals surface area (Å²) in [5.41, 5.74) is 0. The van der Waals surface area contributed by atoms with Gasteiger partial charge >= 0.3 is 17.9 Å². The van der Waals surface area contributed by atoms with Crippen LogP contribution in [0.2, 0.25) is 0 Å². The molecular formula is C28H52NO6+. The minimum Gasteiger partial charge on any atom is -0.481 e. The Morgan fingerprint density at radius 2 is 0.857 bits per heavy atom. The van der Waals surface area contributed by atoms with E-state index in [1.165, 1.54) is 64.2 Å². The molecule has 0 rings (SSSR count). The van der Waals surface area contributed by atoms with Crippen LogP contribution in [0.1, 0.15) is 122 Å². The van der Waals surface area contributed by atoms with E-state index in [-0.39, 0.29) is 43.4 Å². The lowest BCUT2D eigenvalue weighted by Crippen LogP contribution is -2.52. The molecule has 0 unspecified atom stereocenters. The molecule has 0 aliphatic heterocycles. The van der Waals surface area contributed by atoms with Crippen LogP contribution in [-0.4, -0.2) is 63.9 Å². The quantitative estimate of drug-likeness (QED) is 0.0699. The Hall–Kier alpha value is -1.89. The van der Waals surface area contributed by atoms with Gasteiger partial charge in [0.25, 0.3) is 0 Å². The van der Waals surface area contributed by atoms with Gasteiger partial charge in [0.05, 0.1) is 45.4 Å². The first-order valence-electron chi connectivity index (χ1n) is 14.0. The predicted molar refractivity (Wildman–Crippen MR) is 141 cm³/mol. The number of quaternary nitrogens is 1. The topological polar surface area (TPSA) is 112 Å². The van der Waals surface area contributed by atoms with Crippen molar-refractivity contribution in [1.82, 2.24) is 0 Å². The van der Waals surface area contributed by atoms with E-state index < -0.39 is 17.9 Å². The van der Waals surface area contributed by atoms with Gasteiger partial charge in [-0.2, -0.15) is 0 Å². The minimum absolute atomic E-state index is 0.0777. The van der Waals surface area contributed by atoms with Crippen LogP contribution in [0.4, 0.5) is 0 Å². The summed E-state index contributed by atoms with van der Waals surface area (Å²) in [4.78, 5) is 33.3. The summed E-state index contributed by atoms with van der Waals surface area (Å²) < 4.78 is 0.258. The first-order chi connectivity index (χ1) is 16.8. The molecule has 0 aliphatic carbocycles. The summed E-state index contributed by atoms with van der Waals surface area (Å²) in [6.45, 7) is 3.72. The van der Waals surface area contributed by atoms with Gasteiger partial charge in [0.2, 0.25) is 0 Å². The van der Waals surface area contributed by atoms with Crippen LogP contribution in [0, 0.1) is 0 Å². The van der Waals surface area contributed by atoms with Crippen LogP contribution in [0.25, 0.3) is 0 Å². The molecule has 0 amide bonds. The highest BCUT2D eigenvalue weighted by Crippen LogP contribution is 2.17. The molecule has 0 fully saturated rings. The number of aliphatic carboxylic acids is 3. The fraction of sp³-hybridized carbons (Fsp3) is 0.821. The highest BCUT2D eigenvalue weighted by molar-refractivity contribution is 5.67. The van der Waals surface area contributed by atoms with Gasteiger partial charge in [-0.05, 0) is 38.5 Å². The third-order valence-electron chi connectivity index (χ3n) is 6.79. The maximum absolute atomic E-state index is 11.1. The number of rotatable bonds is 26. The highest BCUT2D eigenvalue weighted by Gasteiger charge is 2.29. The van der Waals surface area contributed by atoms with E-state index in [1.807, 2.05) is 0 Å². The summed E-state index contributed by atoms with van der Waals surface area (Å²) in [5, 5.41) is 27.3. The van der Waals surface area contributed by atoms with Crippen molar-refractivity contribution in [3.05, 3.63) is 12.2 Å². The fourth-order valence-corrected chi connectivity index (χ4v) is 4.54. The summed E-state index contributed by atoms with van der Waals surface area (Å²) in [6.07, 6.45) is 22.7. The summed E-state index contributed by atoms with van der Waals surface area (Å²) >= 11 is 0. The second-order valence-electron chi connectivity index (χ2n) is 9.96. The van der Waals surface area contributed by atoms with Crippen molar-refractivity contribution in [2.24, 2.45) is 0 Å². The van der Waals surface area contributed by atoms with Crippen molar-refractivity contribution >= 4 is 17.9 Å². The summed E-state index contributed by atoms with van der Waals surface area (Å²) in [7, 11) is 0. The smallest absolute Gasteiger partial charge is 0.309 e. The van der Waals surface area contributed by atoms with E-state index in [2.05, 4.69) is 19.1 Å². The zero-order valence-electron chi connectivity index (χ0n) is 22.2. The Kier molecular flexibility index (Phi) is 21.3. The molecule has 204 valence electrons. The number of carboxylic acid groups (broad SMARTS) is 3. The van der Waals surface area contributed by atoms with Crippen LogP contribution in [-0.2, 0) is 14.4 Å². The van der Waals surface area contributed by atoms with E-state index >= 15 is 0 Å². The maximum Gasteiger partial charge on any atom is 0.309 e. The molecule has 0 aromatic heterocycles. The van der Waals surface area contributed by atoms with Crippen molar-refractivity contribution in [3.63, 3.8) is 0 Å². The van der Waals surface area contributed by atoms with E-state index in [4.69, 9.17) is 15.3 Å². The lowest BCUT2D eigenvalue weighted by atomic mass is 10.1. The van der Waals surface area contributed by atoms with E-state index in [0.717, 1.165) is 32.1 Å². The third-order valence-corrected chi connectivity index (χ3v) is 6.79. The van der Waals surface area contributed by atoms with Crippen LogP contribution < -0.4 is 0 Å². The Labute approximate surface area is 213 Å². The number of unbranched alkanes of at least 4 members (excludes halogenated alkanes) is 13. The lowest BCUT2D eigenvalue weighted by Gasteiger charge is -2.38. The highest BCUT2D eigenvalue weighted by atomic mass is 16.4. The van der Waals surface area contributed by atoms with E-state index in [9.17, 15) is 14.4 Å². The van der Waals surface area contributed by atoms with Gasteiger partial charge in [0.1, 0.15) is 0 Å². The van der Waals surface area contributed by atoms with Gasteiger partial charge in [0.15, 0.2) is 0 Å². The van der Waals surface area contributed by atoms with Gasteiger partial charge in [0, 0.05) is 0 Å². The molecule has 3 N–H and O–H groups in total. The normalized spacial score (nSPS) is 11.8. The Morgan fingerprint density at radius 3 is 1.23 bits per heavy atom. The van der Waals surface area contributed by atoms with Crippen molar-refractivity contribution in [1.29, 1.82) is 0 Å². The van der Waals surface area contributed by atoms with Crippen LogP contribution in [0.5, 0.6) is 0 Å². The van der Waals surface area contributed by atoms with E-state index in [0.29, 0.717) is 6.54 Å². The molecule has 7 heteroatoms. The Balaban J connectivity index is 4.07. The van der Waals surface area contributed by atoms with Crippen LogP contribution in [0.3, 0.4) is 0 Å². The van der Waals surface area contributed by atoms with Gasteiger partial charge in [-0.25, -0.2) is 0 Å². The van der Waals surface area contributed by atoms with Gasteiger partial charge < -0.3 is 19.8 Å². The second kappa shape index (κ2) is 22.6. The van der Waals surface area contributed by atoms with Crippen molar-refractivity contribution in [3.8, 4) is 0 Å². The molecular weight excluding hydrogens is 446 g/mol. The van der Waals surface area contributed by atoms with E-state index in [1.54, 1.807) is 0 Å². The second-order valence-corrected chi connectivity index (χ2v) is 9.96. The zero-order valence-corrected chi connectivity index (χ0v) is 22.2. The molecule has 0 heterocycles. The monoisotopic (exact) mass is 498 g/mol. The van der Waals surface area contributed by atoms with Crippen molar-refractivity contribution in [2.45, 2.75) is 122 Å². The summed E-state index contributed by atoms with van der Waals surface area (Å²) in [6, 6.07) is 0. The van der Waals surface area contributed by atoms with Crippen molar-refractivity contribution in [2.75, 3.05) is 26.2 Å². The Bertz CT molecular complexity index is 544. The number of carbonyl (C=O) groups is 3. The molecule has 0 aromatic carbocycles. The molecule has 0 aliphatic rings. The molecule has 0 aromatic rings. The van der Waals surface area contributed by atoms with Gasteiger partial charge in [-0.1, -0.05) is 76.9 Å². The number of hydrogen-bond acceptors (Lipinski definition) is 3. The largest absolute Gasteiger partial charge is 0.481 e. The number of nitrogens with zero attached hydrogens (tertiary/aromatic N) is 1. The fourth-order valence-electron chi connectivity index (χ4n) is 4.54. The average molecular weight is 499 g/mol. The van der Waals surface area contributed by atoms with Crippen LogP contribution in [0.15, 0.2) is 12.2 Å².